The minimum atomic E-state index is -0.373. The molecule has 2 atom stereocenters. The number of nitrogens with one attached hydrogen (secondary N) is 2. The van der Waals surface area contributed by atoms with E-state index >= 15 is 0 Å². The van der Waals surface area contributed by atoms with Gasteiger partial charge in [-0.2, -0.15) is 0 Å². The maximum absolute atomic E-state index is 13.5. The predicted octanol–water partition coefficient (Wildman–Crippen LogP) is 2.10. The molecule has 0 radical (unpaired) electrons. The number of nitrogens with zero attached hydrogens (tertiary/aromatic N) is 1. The number of carbonyl (C=O) groups is 2. The Hall–Kier alpha value is -2.11. The number of hydrogen-bond donors (Lipinski definition) is 2. The lowest BCUT2D eigenvalue weighted by molar-refractivity contribution is -0.125. The van der Waals surface area contributed by atoms with Gasteiger partial charge in [-0.3, -0.25) is 4.79 Å². The summed E-state index contributed by atoms with van der Waals surface area (Å²) in [5.41, 5.74) is 0.751. The van der Waals surface area contributed by atoms with Crippen LogP contribution in [0.15, 0.2) is 24.3 Å². The van der Waals surface area contributed by atoms with Gasteiger partial charge in [-0.25, -0.2) is 9.18 Å². The fourth-order valence-corrected chi connectivity index (χ4v) is 2.96. The first kappa shape index (κ1) is 17.2. The molecule has 0 aliphatic carbocycles. The van der Waals surface area contributed by atoms with E-state index in [0.29, 0.717) is 19.6 Å². The third kappa shape index (κ3) is 4.21. The highest BCUT2D eigenvalue weighted by atomic mass is 19.1. The zero-order chi connectivity index (χ0) is 17.0. The van der Waals surface area contributed by atoms with Gasteiger partial charge in [-0.05, 0) is 38.5 Å². The Morgan fingerprint density at radius 2 is 2.09 bits per heavy atom. The lowest BCUT2D eigenvalue weighted by atomic mass is 9.88. The summed E-state index contributed by atoms with van der Waals surface area (Å²) in [5.74, 6) is -1.00. The van der Waals surface area contributed by atoms with E-state index in [1.807, 2.05) is 26.8 Å². The van der Waals surface area contributed by atoms with E-state index in [0.717, 1.165) is 5.56 Å². The Morgan fingerprint density at radius 1 is 1.35 bits per heavy atom. The molecular weight excluding hydrogens is 297 g/mol. The molecular formula is C17H24FN3O2. The fraction of sp³-hybridized carbons (Fsp3) is 0.529. The van der Waals surface area contributed by atoms with Crippen LogP contribution in [-0.4, -0.2) is 42.5 Å². The number of hydrogen-bond acceptors (Lipinski definition) is 2. The van der Waals surface area contributed by atoms with E-state index in [9.17, 15) is 14.0 Å². The number of rotatable bonds is 4. The summed E-state index contributed by atoms with van der Waals surface area (Å²) in [4.78, 5) is 26.2. The van der Waals surface area contributed by atoms with Crippen LogP contribution in [0.4, 0.5) is 9.18 Å². The molecule has 0 bridgehead atoms. The van der Waals surface area contributed by atoms with Crippen LogP contribution in [0, 0.1) is 11.7 Å². The lowest BCUT2D eigenvalue weighted by Crippen LogP contribution is -2.41. The Bertz CT molecular complexity index is 577. The van der Waals surface area contributed by atoms with Gasteiger partial charge in [0.15, 0.2) is 0 Å². The van der Waals surface area contributed by atoms with E-state index in [1.165, 1.54) is 12.1 Å². The number of carbonyl (C=O) groups excluding carboxylic acids is 2. The second-order valence-electron chi connectivity index (χ2n) is 6.17. The van der Waals surface area contributed by atoms with Crippen molar-refractivity contribution in [2.75, 3.05) is 19.6 Å². The molecule has 1 aliphatic rings. The third-order valence-electron chi connectivity index (χ3n) is 3.98. The van der Waals surface area contributed by atoms with Gasteiger partial charge < -0.3 is 15.5 Å². The summed E-state index contributed by atoms with van der Waals surface area (Å²) in [6.07, 6.45) is 0. The van der Waals surface area contributed by atoms with Crippen LogP contribution in [0.3, 0.4) is 0 Å². The highest BCUT2D eigenvalue weighted by Crippen LogP contribution is 2.33. The van der Waals surface area contributed by atoms with Crippen molar-refractivity contribution < 1.29 is 14.0 Å². The molecule has 5 nitrogen and oxygen atoms in total. The van der Waals surface area contributed by atoms with Crippen molar-refractivity contribution in [1.29, 1.82) is 0 Å². The molecule has 1 aromatic carbocycles. The van der Waals surface area contributed by atoms with Crippen LogP contribution in [0.2, 0.25) is 0 Å². The summed E-state index contributed by atoms with van der Waals surface area (Å²) in [6, 6.07) is 6.11. The molecule has 23 heavy (non-hydrogen) atoms. The Kier molecular flexibility index (Phi) is 5.58. The zero-order valence-corrected chi connectivity index (χ0v) is 13.8. The molecule has 0 spiro atoms. The standard InChI is InChI=1S/C17H24FN3O2/c1-4-19-17(23)21-9-14(12-6-5-7-13(18)8-12)15(10-21)16(22)20-11(2)3/h5-8,11,14-15H,4,9-10H2,1-3H3,(H,19,23)(H,20,22)/t14-,15-/m0/s1. The first-order chi connectivity index (χ1) is 10.9. The fourth-order valence-electron chi connectivity index (χ4n) is 2.96. The molecule has 0 aromatic heterocycles. The summed E-state index contributed by atoms with van der Waals surface area (Å²) >= 11 is 0. The summed E-state index contributed by atoms with van der Waals surface area (Å²) in [7, 11) is 0. The molecule has 0 saturated carbocycles. The van der Waals surface area contributed by atoms with Crippen LogP contribution in [0.25, 0.3) is 0 Å². The van der Waals surface area contributed by atoms with Gasteiger partial charge in [0.05, 0.1) is 5.92 Å². The quantitative estimate of drug-likeness (QED) is 0.892. The van der Waals surface area contributed by atoms with E-state index in [2.05, 4.69) is 10.6 Å². The molecule has 3 amide bonds. The molecule has 1 fully saturated rings. The molecule has 1 heterocycles. The minimum Gasteiger partial charge on any atom is -0.354 e. The van der Waals surface area contributed by atoms with Crippen LogP contribution in [0.1, 0.15) is 32.3 Å². The number of halogens is 1. The van der Waals surface area contributed by atoms with Crippen molar-refractivity contribution in [2.45, 2.75) is 32.7 Å². The van der Waals surface area contributed by atoms with Gasteiger partial charge in [0, 0.05) is 31.6 Å². The van der Waals surface area contributed by atoms with E-state index in [1.54, 1.807) is 11.0 Å². The monoisotopic (exact) mass is 321 g/mol. The second kappa shape index (κ2) is 7.44. The highest BCUT2D eigenvalue weighted by Gasteiger charge is 2.40. The van der Waals surface area contributed by atoms with Crippen LogP contribution >= 0.6 is 0 Å². The number of benzene rings is 1. The molecule has 6 heteroatoms. The van der Waals surface area contributed by atoms with Crippen molar-refractivity contribution in [3.8, 4) is 0 Å². The predicted molar refractivity (Wildman–Crippen MR) is 86.6 cm³/mol. The first-order valence-corrected chi connectivity index (χ1v) is 8.01. The van der Waals surface area contributed by atoms with Gasteiger partial charge in [0.2, 0.25) is 5.91 Å². The highest BCUT2D eigenvalue weighted by molar-refractivity contribution is 5.83. The zero-order valence-electron chi connectivity index (χ0n) is 13.8. The topological polar surface area (TPSA) is 61.4 Å². The molecule has 126 valence electrons. The maximum atomic E-state index is 13.5. The summed E-state index contributed by atoms with van der Waals surface area (Å²) in [6.45, 7) is 6.91. The molecule has 2 rings (SSSR count). The lowest BCUT2D eigenvalue weighted by Gasteiger charge is -2.19. The number of amides is 3. The molecule has 1 saturated heterocycles. The number of likely N-dealkylation sites (tertiary alicyclic amines) is 1. The third-order valence-corrected chi connectivity index (χ3v) is 3.98. The maximum Gasteiger partial charge on any atom is 0.317 e. The van der Waals surface area contributed by atoms with Crippen molar-refractivity contribution >= 4 is 11.9 Å². The second-order valence-corrected chi connectivity index (χ2v) is 6.17. The molecule has 1 aliphatic heterocycles. The van der Waals surface area contributed by atoms with Gasteiger partial charge in [0.25, 0.3) is 0 Å². The van der Waals surface area contributed by atoms with Gasteiger partial charge in [-0.15, -0.1) is 0 Å². The van der Waals surface area contributed by atoms with E-state index in [4.69, 9.17) is 0 Å². The van der Waals surface area contributed by atoms with Crippen molar-refractivity contribution in [3.63, 3.8) is 0 Å². The van der Waals surface area contributed by atoms with Crippen LogP contribution in [-0.2, 0) is 4.79 Å². The smallest absolute Gasteiger partial charge is 0.317 e. The van der Waals surface area contributed by atoms with Crippen LogP contribution in [0.5, 0.6) is 0 Å². The largest absolute Gasteiger partial charge is 0.354 e. The Balaban J connectivity index is 2.24. The first-order valence-electron chi connectivity index (χ1n) is 8.01. The van der Waals surface area contributed by atoms with Gasteiger partial charge in [0.1, 0.15) is 5.82 Å². The van der Waals surface area contributed by atoms with Gasteiger partial charge >= 0.3 is 6.03 Å². The Morgan fingerprint density at radius 3 is 2.70 bits per heavy atom. The average Bonchev–Trinajstić information content (AvgIpc) is 2.92. The molecule has 2 N–H and O–H groups in total. The number of urea groups is 1. The summed E-state index contributed by atoms with van der Waals surface area (Å²) < 4.78 is 13.5. The molecule has 0 unspecified atom stereocenters. The average molecular weight is 321 g/mol. The molecule has 1 aromatic rings. The van der Waals surface area contributed by atoms with Crippen molar-refractivity contribution in [1.82, 2.24) is 15.5 Å². The SMILES string of the molecule is CCNC(=O)N1C[C@H](C(=O)NC(C)C)[C@H](c2cccc(F)c2)C1. The Labute approximate surface area is 136 Å². The normalized spacial score (nSPS) is 20.7. The van der Waals surface area contributed by atoms with E-state index in [-0.39, 0.29) is 35.6 Å². The van der Waals surface area contributed by atoms with Gasteiger partial charge in [-0.1, -0.05) is 12.1 Å². The van der Waals surface area contributed by atoms with Crippen molar-refractivity contribution in [2.24, 2.45) is 5.92 Å². The summed E-state index contributed by atoms with van der Waals surface area (Å²) in [5, 5.41) is 5.65. The van der Waals surface area contributed by atoms with Crippen molar-refractivity contribution in [3.05, 3.63) is 35.6 Å². The van der Waals surface area contributed by atoms with Crippen LogP contribution < -0.4 is 10.6 Å². The van der Waals surface area contributed by atoms with E-state index < -0.39 is 0 Å². The minimum absolute atomic E-state index is 0.0224.